The quantitative estimate of drug-likeness (QED) is 0.575. The second-order valence-corrected chi connectivity index (χ2v) is 10.2. The summed E-state index contributed by atoms with van der Waals surface area (Å²) in [5.74, 6) is -0.187. The molecule has 154 valence electrons. The molecule has 3 aromatic rings. The molecule has 7 heteroatoms. The van der Waals surface area contributed by atoms with Crippen LogP contribution in [0.2, 0.25) is 5.02 Å². The minimum Gasteiger partial charge on any atom is -0.331 e. The molecular formula is C23H21ClN2O3S. The Bertz CT molecular complexity index is 1250. The van der Waals surface area contributed by atoms with Gasteiger partial charge in [0.25, 0.3) is 10.0 Å². The van der Waals surface area contributed by atoms with Gasteiger partial charge < -0.3 is 4.90 Å². The number of anilines is 1. The zero-order chi connectivity index (χ0) is 21.0. The highest BCUT2D eigenvalue weighted by Crippen LogP contribution is 2.42. The minimum atomic E-state index is -3.76. The average Bonchev–Trinajstić information content (AvgIpc) is 3.53. The van der Waals surface area contributed by atoms with Crippen molar-refractivity contribution < 1.29 is 13.2 Å². The summed E-state index contributed by atoms with van der Waals surface area (Å²) in [4.78, 5) is 15.5. The highest BCUT2D eigenvalue weighted by molar-refractivity contribution is 7.93. The van der Waals surface area contributed by atoms with E-state index in [9.17, 15) is 13.2 Å². The number of hydrogen-bond acceptors (Lipinski definition) is 3. The van der Waals surface area contributed by atoms with E-state index >= 15 is 0 Å². The fraction of sp³-hybridized carbons (Fsp3) is 0.261. The van der Waals surface area contributed by atoms with Crippen molar-refractivity contribution in [1.29, 1.82) is 0 Å². The first kappa shape index (κ1) is 19.4. The van der Waals surface area contributed by atoms with Crippen LogP contribution in [0.25, 0.3) is 10.8 Å². The number of carbonyl (C=O) groups excluding carboxylic acids is 1. The van der Waals surface area contributed by atoms with Crippen molar-refractivity contribution >= 4 is 44.0 Å². The molecule has 1 aliphatic carbocycles. The molecule has 1 heterocycles. The molecule has 1 unspecified atom stereocenters. The van der Waals surface area contributed by atoms with Gasteiger partial charge in [-0.1, -0.05) is 48.0 Å². The van der Waals surface area contributed by atoms with Crippen molar-refractivity contribution in [1.82, 2.24) is 4.90 Å². The topological polar surface area (TPSA) is 57.7 Å². The third-order valence-corrected chi connectivity index (χ3v) is 8.01. The number of carbonyl (C=O) groups is 1. The summed E-state index contributed by atoms with van der Waals surface area (Å²) in [5, 5.41) is 2.19. The predicted molar refractivity (Wildman–Crippen MR) is 118 cm³/mol. The van der Waals surface area contributed by atoms with Gasteiger partial charge in [0.05, 0.1) is 16.6 Å². The zero-order valence-electron chi connectivity index (χ0n) is 16.5. The second-order valence-electron chi connectivity index (χ2n) is 7.90. The van der Waals surface area contributed by atoms with Gasteiger partial charge in [0.2, 0.25) is 5.91 Å². The SMILES string of the molecule is CC(c1ccc(Cl)cc1)N(C(=O)CN1c2cccc3cccc(c23)S1(=O)=O)C1CC1. The van der Waals surface area contributed by atoms with Gasteiger partial charge in [-0.3, -0.25) is 9.10 Å². The summed E-state index contributed by atoms with van der Waals surface area (Å²) < 4.78 is 27.7. The third-order valence-electron chi connectivity index (χ3n) is 5.96. The van der Waals surface area contributed by atoms with E-state index in [2.05, 4.69) is 0 Å². The number of hydrogen-bond donors (Lipinski definition) is 0. The molecule has 30 heavy (non-hydrogen) atoms. The van der Waals surface area contributed by atoms with Crippen LogP contribution >= 0.6 is 11.6 Å². The van der Waals surface area contributed by atoms with Crippen molar-refractivity contribution in [3.63, 3.8) is 0 Å². The largest absolute Gasteiger partial charge is 0.331 e. The van der Waals surface area contributed by atoms with E-state index in [0.717, 1.165) is 23.8 Å². The molecule has 1 aliphatic heterocycles. The number of sulfonamides is 1. The van der Waals surface area contributed by atoms with Crippen LogP contribution in [0.3, 0.4) is 0 Å². The van der Waals surface area contributed by atoms with Crippen molar-refractivity contribution in [2.24, 2.45) is 0 Å². The Morgan fingerprint density at radius 1 is 1.10 bits per heavy atom. The van der Waals surface area contributed by atoms with Crippen LogP contribution in [0.4, 0.5) is 5.69 Å². The highest BCUT2D eigenvalue weighted by atomic mass is 35.5. The number of rotatable bonds is 5. The molecule has 0 N–H and O–H groups in total. The molecule has 0 aromatic heterocycles. The van der Waals surface area contributed by atoms with Crippen LogP contribution in [0.5, 0.6) is 0 Å². The van der Waals surface area contributed by atoms with Gasteiger partial charge in [-0.05, 0) is 55.0 Å². The van der Waals surface area contributed by atoms with Gasteiger partial charge >= 0.3 is 0 Å². The molecule has 0 bridgehead atoms. The summed E-state index contributed by atoms with van der Waals surface area (Å²) in [5.41, 5.74) is 1.56. The van der Waals surface area contributed by atoms with Gasteiger partial charge in [-0.2, -0.15) is 0 Å². The van der Waals surface area contributed by atoms with Crippen molar-refractivity contribution in [2.75, 3.05) is 10.8 Å². The first-order chi connectivity index (χ1) is 14.4. The van der Waals surface area contributed by atoms with Crippen LogP contribution in [0.1, 0.15) is 31.4 Å². The Kier molecular flexibility index (Phi) is 4.52. The molecule has 2 aliphatic rings. The standard InChI is InChI=1S/C23H21ClN2O3S/c1-15(16-8-10-18(24)11-9-16)26(19-12-13-19)22(27)14-25-20-6-2-4-17-5-3-7-21(23(17)20)30(25,28)29/h2-11,15,19H,12-14H2,1H3. The molecule has 0 spiro atoms. The normalized spacial score (nSPS) is 17.9. The fourth-order valence-corrected chi connectivity index (χ4v) is 6.11. The van der Waals surface area contributed by atoms with E-state index in [1.165, 1.54) is 4.31 Å². The lowest BCUT2D eigenvalue weighted by atomic mass is 10.1. The molecule has 1 saturated carbocycles. The van der Waals surface area contributed by atoms with Gasteiger partial charge in [0.15, 0.2) is 0 Å². The zero-order valence-corrected chi connectivity index (χ0v) is 18.0. The van der Waals surface area contributed by atoms with E-state index in [4.69, 9.17) is 11.6 Å². The average molecular weight is 441 g/mol. The highest BCUT2D eigenvalue weighted by Gasteiger charge is 2.41. The fourth-order valence-electron chi connectivity index (χ4n) is 4.32. The molecule has 5 rings (SSSR count). The van der Waals surface area contributed by atoms with Crippen LogP contribution in [-0.2, 0) is 14.8 Å². The lowest BCUT2D eigenvalue weighted by Gasteiger charge is -2.31. The minimum absolute atomic E-state index is 0.145. The predicted octanol–water partition coefficient (Wildman–Crippen LogP) is 4.75. The maximum atomic E-state index is 13.4. The summed E-state index contributed by atoms with van der Waals surface area (Å²) >= 11 is 6.01. The van der Waals surface area contributed by atoms with Crippen molar-refractivity contribution in [2.45, 2.75) is 36.7 Å². The van der Waals surface area contributed by atoms with E-state index in [1.807, 2.05) is 54.3 Å². The van der Waals surface area contributed by atoms with Crippen molar-refractivity contribution in [3.05, 3.63) is 71.2 Å². The Morgan fingerprint density at radius 3 is 2.43 bits per heavy atom. The third kappa shape index (κ3) is 3.06. The molecular weight excluding hydrogens is 420 g/mol. The molecule has 1 amide bonds. The van der Waals surface area contributed by atoms with Crippen LogP contribution in [0.15, 0.2) is 65.6 Å². The van der Waals surface area contributed by atoms with E-state index in [0.29, 0.717) is 16.1 Å². The Labute approximate surface area is 180 Å². The number of nitrogens with zero attached hydrogens (tertiary/aromatic N) is 2. The number of halogens is 1. The van der Waals surface area contributed by atoms with Crippen LogP contribution in [0, 0.1) is 0 Å². The molecule has 1 fully saturated rings. The van der Waals surface area contributed by atoms with E-state index in [1.54, 1.807) is 18.2 Å². The van der Waals surface area contributed by atoms with Crippen LogP contribution < -0.4 is 4.31 Å². The molecule has 5 nitrogen and oxygen atoms in total. The molecule has 1 atom stereocenters. The van der Waals surface area contributed by atoms with Gasteiger partial charge in [0, 0.05) is 16.5 Å². The van der Waals surface area contributed by atoms with Crippen LogP contribution in [-0.4, -0.2) is 31.8 Å². The molecule has 3 aromatic carbocycles. The van der Waals surface area contributed by atoms with Gasteiger partial charge in [-0.15, -0.1) is 0 Å². The van der Waals surface area contributed by atoms with E-state index < -0.39 is 10.0 Å². The summed E-state index contributed by atoms with van der Waals surface area (Å²) in [6.45, 7) is 1.78. The number of amides is 1. The molecule has 0 saturated heterocycles. The second kappa shape index (κ2) is 7.00. The lowest BCUT2D eigenvalue weighted by Crippen LogP contribution is -2.43. The first-order valence-electron chi connectivity index (χ1n) is 9.99. The maximum Gasteiger partial charge on any atom is 0.265 e. The Hall–Kier alpha value is -2.57. The van der Waals surface area contributed by atoms with E-state index in [-0.39, 0.29) is 29.4 Å². The maximum absolute atomic E-state index is 13.4. The molecule has 0 radical (unpaired) electrons. The Balaban J connectivity index is 1.48. The summed E-state index contributed by atoms with van der Waals surface area (Å²) in [6, 6.07) is 18.2. The summed E-state index contributed by atoms with van der Waals surface area (Å²) in [7, 11) is -3.76. The first-order valence-corrected chi connectivity index (χ1v) is 11.8. The smallest absolute Gasteiger partial charge is 0.265 e. The van der Waals surface area contributed by atoms with Gasteiger partial charge in [-0.25, -0.2) is 8.42 Å². The summed E-state index contributed by atoms with van der Waals surface area (Å²) in [6.07, 6.45) is 1.87. The lowest BCUT2D eigenvalue weighted by molar-refractivity contribution is -0.132. The van der Waals surface area contributed by atoms with Crippen molar-refractivity contribution in [3.8, 4) is 0 Å². The van der Waals surface area contributed by atoms with Gasteiger partial charge in [0.1, 0.15) is 6.54 Å². The number of benzene rings is 3. The Morgan fingerprint density at radius 2 is 1.77 bits per heavy atom. The monoisotopic (exact) mass is 440 g/mol.